The van der Waals surface area contributed by atoms with Crippen LogP contribution in [0, 0.1) is 5.82 Å². The maximum Gasteiger partial charge on any atom is 0.407 e. The number of carbonyl (C=O) groups is 1. The summed E-state index contributed by atoms with van der Waals surface area (Å²) in [6.07, 6.45) is 0.364. The first-order valence-electron chi connectivity index (χ1n) is 7.79. The second-order valence-electron chi connectivity index (χ2n) is 6.84. The maximum absolute atomic E-state index is 14.0. The van der Waals surface area contributed by atoms with Crippen LogP contribution in [0.25, 0.3) is 0 Å². The molecule has 1 saturated carbocycles. The van der Waals surface area contributed by atoms with Crippen LogP contribution in [0.2, 0.25) is 0 Å². The van der Waals surface area contributed by atoms with Crippen LogP contribution >= 0.6 is 0 Å². The first-order valence-corrected chi connectivity index (χ1v) is 7.79. The normalized spacial score (nSPS) is 21.5. The van der Waals surface area contributed by atoms with Gasteiger partial charge in [0.25, 0.3) is 0 Å². The number of hydrogen-bond donors (Lipinski definition) is 2. The van der Waals surface area contributed by atoms with E-state index >= 15 is 0 Å². The molecule has 128 valence electrons. The van der Waals surface area contributed by atoms with Gasteiger partial charge in [0, 0.05) is 23.7 Å². The highest BCUT2D eigenvalue weighted by atomic mass is 19.1. The summed E-state index contributed by atoms with van der Waals surface area (Å²) in [7, 11) is 1.52. The number of carbonyl (C=O) groups excluding carboxylic acids is 1. The molecule has 1 aromatic rings. The quantitative estimate of drug-likeness (QED) is 0.873. The summed E-state index contributed by atoms with van der Waals surface area (Å²) in [5.41, 5.74) is -0.0201. The van der Waals surface area contributed by atoms with Crippen molar-refractivity contribution in [2.45, 2.75) is 57.8 Å². The Bertz CT molecular complexity index is 571. The molecular weight excluding hydrogens is 299 g/mol. The van der Waals surface area contributed by atoms with Crippen molar-refractivity contribution in [1.29, 1.82) is 0 Å². The number of hydrogen-bond acceptors (Lipinski definition) is 4. The van der Waals surface area contributed by atoms with E-state index in [-0.39, 0.29) is 23.9 Å². The molecule has 0 heterocycles. The van der Waals surface area contributed by atoms with Crippen molar-refractivity contribution >= 4 is 6.09 Å². The van der Waals surface area contributed by atoms with Gasteiger partial charge in [0.05, 0.1) is 7.11 Å². The molecule has 0 saturated heterocycles. The molecular formula is C17H25FN2O3. The fourth-order valence-electron chi connectivity index (χ4n) is 2.52. The molecule has 1 aliphatic rings. The van der Waals surface area contributed by atoms with E-state index in [1.807, 2.05) is 27.7 Å². The van der Waals surface area contributed by atoms with Crippen LogP contribution in [0.5, 0.6) is 5.75 Å². The lowest BCUT2D eigenvalue weighted by Gasteiger charge is -2.20. The highest BCUT2D eigenvalue weighted by Gasteiger charge is 2.40. The first-order chi connectivity index (χ1) is 10.7. The molecule has 0 aromatic heterocycles. The standard InChI is InChI=1S/C17H25FN2O3/c1-10(15-11(18)7-6-8-14(15)22-5)19-12-9-13(12)20-16(21)23-17(2,3)4/h6-8,10,12-13,19H,9H2,1-5H3,(H,20,21). The Morgan fingerprint density at radius 1 is 1.35 bits per heavy atom. The van der Waals surface area contributed by atoms with Crippen molar-refractivity contribution in [3.05, 3.63) is 29.6 Å². The van der Waals surface area contributed by atoms with Gasteiger partial charge in [-0.25, -0.2) is 9.18 Å². The van der Waals surface area contributed by atoms with E-state index in [9.17, 15) is 9.18 Å². The Morgan fingerprint density at radius 3 is 2.65 bits per heavy atom. The van der Waals surface area contributed by atoms with E-state index in [0.717, 1.165) is 6.42 Å². The number of benzene rings is 1. The van der Waals surface area contributed by atoms with Crippen molar-refractivity contribution in [2.75, 3.05) is 7.11 Å². The van der Waals surface area contributed by atoms with Gasteiger partial charge in [-0.1, -0.05) is 6.07 Å². The highest BCUT2D eigenvalue weighted by Crippen LogP contribution is 2.31. The number of rotatable bonds is 5. The number of nitrogens with one attached hydrogen (secondary N) is 2. The third kappa shape index (κ3) is 4.82. The molecule has 1 fully saturated rings. The molecule has 0 radical (unpaired) electrons. The Balaban J connectivity index is 1.89. The molecule has 1 amide bonds. The van der Waals surface area contributed by atoms with Crippen molar-refractivity contribution in [2.24, 2.45) is 0 Å². The van der Waals surface area contributed by atoms with Gasteiger partial charge in [-0.15, -0.1) is 0 Å². The lowest BCUT2D eigenvalue weighted by molar-refractivity contribution is 0.0522. The average Bonchev–Trinajstić information content (AvgIpc) is 3.13. The predicted molar refractivity (Wildman–Crippen MR) is 86.1 cm³/mol. The summed E-state index contributed by atoms with van der Waals surface area (Å²) < 4.78 is 24.5. The summed E-state index contributed by atoms with van der Waals surface area (Å²) in [5.74, 6) is 0.212. The molecule has 23 heavy (non-hydrogen) atoms. The average molecular weight is 324 g/mol. The number of alkyl carbamates (subject to hydrolysis) is 1. The SMILES string of the molecule is COc1cccc(F)c1C(C)NC1CC1NC(=O)OC(C)(C)C. The van der Waals surface area contributed by atoms with Crippen molar-refractivity contribution < 1.29 is 18.7 Å². The van der Waals surface area contributed by atoms with E-state index in [1.54, 1.807) is 12.1 Å². The number of amides is 1. The fourth-order valence-corrected chi connectivity index (χ4v) is 2.52. The monoisotopic (exact) mass is 324 g/mol. The van der Waals surface area contributed by atoms with Crippen LogP contribution in [0.1, 0.15) is 45.7 Å². The Morgan fingerprint density at radius 2 is 2.04 bits per heavy atom. The Kier molecular flexibility index (Phi) is 5.14. The second-order valence-corrected chi connectivity index (χ2v) is 6.84. The van der Waals surface area contributed by atoms with E-state index in [2.05, 4.69) is 10.6 Å². The number of methoxy groups -OCH3 is 1. The van der Waals surface area contributed by atoms with Crippen LogP contribution in [-0.4, -0.2) is 30.9 Å². The zero-order valence-electron chi connectivity index (χ0n) is 14.3. The summed E-state index contributed by atoms with van der Waals surface area (Å²) >= 11 is 0. The van der Waals surface area contributed by atoms with Crippen molar-refractivity contribution in [3.63, 3.8) is 0 Å². The molecule has 1 aliphatic carbocycles. The minimum absolute atomic E-state index is 0.00469. The second kappa shape index (κ2) is 6.74. The van der Waals surface area contributed by atoms with Crippen LogP contribution in [0.15, 0.2) is 18.2 Å². The molecule has 3 unspecified atom stereocenters. The molecule has 2 N–H and O–H groups in total. The van der Waals surface area contributed by atoms with E-state index in [1.165, 1.54) is 13.2 Å². The van der Waals surface area contributed by atoms with Crippen LogP contribution in [0.3, 0.4) is 0 Å². The van der Waals surface area contributed by atoms with Crippen LogP contribution in [-0.2, 0) is 4.74 Å². The molecule has 1 aromatic carbocycles. The van der Waals surface area contributed by atoms with E-state index in [0.29, 0.717) is 11.3 Å². The van der Waals surface area contributed by atoms with Gasteiger partial charge >= 0.3 is 6.09 Å². The summed E-state index contributed by atoms with van der Waals surface area (Å²) in [6, 6.07) is 4.65. The molecule has 6 heteroatoms. The lowest BCUT2D eigenvalue weighted by atomic mass is 10.1. The van der Waals surface area contributed by atoms with E-state index in [4.69, 9.17) is 9.47 Å². The summed E-state index contributed by atoms with van der Waals surface area (Å²) in [6.45, 7) is 7.34. The Hall–Kier alpha value is -1.82. The van der Waals surface area contributed by atoms with Crippen LogP contribution < -0.4 is 15.4 Å². The molecule has 5 nitrogen and oxygen atoms in total. The van der Waals surface area contributed by atoms with Crippen LogP contribution in [0.4, 0.5) is 9.18 Å². The lowest BCUT2D eigenvalue weighted by Crippen LogP contribution is -2.37. The fraction of sp³-hybridized carbons (Fsp3) is 0.588. The molecule has 0 bridgehead atoms. The smallest absolute Gasteiger partial charge is 0.407 e. The zero-order valence-corrected chi connectivity index (χ0v) is 14.3. The third-order valence-electron chi connectivity index (χ3n) is 3.62. The van der Waals surface area contributed by atoms with Crippen molar-refractivity contribution in [3.8, 4) is 5.75 Å². The highest BCUT2D eigenvalue weighted by molar-refractivity contribution is 5.68. The Labute approximate surface area is 136 Å². The van der Waals surface area contributed by atoms with Gasteiger partial charge in [0.15, 0.2) is 0 Å². The van der Waals surface area contributed by atoms with Gasteiger partial charge in [-0.3, -0.25) is 0 Å². The van der Waals surface area contributed by atoms with Gasteiger partial charge in [0.1, 0.15) is 17.2 Å². The first kappa shape index (κ1) is 17.5. The van der Waals surface area contributed by atoms with Gasteiger partial charge in [-0.2, -0.15) is 0 Å². The van der Waals surface area contributed by atoms with Gasteiger partial charge in [0.2, 0.25) is 0 Å². The van der Waals surface area contributed by atoms with Crippen molar-refractivity contribution in [1.82, 2.24) is 10.6 Å². The molecule has 2 rings (SSSR count). The minimum atomic E-state index is -0.518. The molecule has 3 atom stereocenters. The van der Waals surface area contributed by atoms with Gasteiger partial charge in [-0.05, 0) is 46.2 Å². The zero-order chi connectivity index (χ0) is 17.2. The number of halogens is 1. The molecule has 0 spiro atoms. The third-order valence-corrected chi connectivity index (χ3v) is 3.62. The minimum Gasteiger partial charge on any atom is -0.496 e. The molecule has 0 aliphatic heterocycles. The maximum atomic E-state index is 14.0. The predicted octanol–water partition coefficient (Wildman–Crippen LogP) is 3.15. The summed E-state index contributed by atoms with van der Waals surface area (Å²) in [4.78, 5) is 11.7. The summed E-state index contributed by atoms with van der Waals surface area (Å²) in [5, 5.41) is 6.13. The number of ether oxygens (including phenoxy) is 2. The topological polar surface area (TPSA) is 59.6 Å². The van der Waals surface area contributed by atoms with E-state index < -0.39 is 11.7 Å². The van der Waals surface area contributed by atoms with Gasteiger partial charge < -0.3 is 20.1 Å². The largest absolute Gasteiger partial charge is 0.496 e.